The third-order valence-corrected chi connectivity index (χ3v) is 7.73. The van der Waals surface area contributed by atoms with Crippen LogP contribution >= 0.6 is 0 Å². The number of aromatic nitrogens is 4. The SMILES string of the molecule is O=C(Nc1ccc2c(c1)Cc1ccccc1-2)C1CCCN(c2ccc(-n3ccnc3-c3ccccc3)nn2)C1. The van der Waals surface area contributed by atoms with Crippen molar-refractivity contribution in [2.45, 2.75) is 19.3 Å². The molecule has 1 saturated heterocycles. The third-order valence-electron chi connectivity index (χ3n) is 7.73. The van der Waals surface area contributed by atoms with E-state index in [1.807, 2.05) is 59.3 Å². The van der Waals surface area contributed by atoms with E-state index in [0.29, 0.717) is 12.4 Å². The Morgan fingerprint density at radius 2 is 1.64 bits per heavy atom. The van der Waals surface area contributed by atoms with Gasteiger partial charge in [-0.3, -0.25) is 9.36 Å². The van der Waals surface area contributed by atoms with E-state index in [2.05, 4.69) is 61.8 Å². The summed E-state index contributed by atoms with van der Waals surface area (Å²) in [7, 11) is 0. The van der Waals surface area contributed by atoms with Crippen LogP contribution in [0, 0.1) is 5.92 Å². The molecule has 7 heteroatoms. The Kier molecular flexibility index (Phi) is 5.89. The fourth-order valence-electron chi connectivity index (χ4n) is 5.77. The van der Waals surface area contributed by atoms with Crippen molar-refractivity contribution in [2.75, 3.05) is 23.3 Å². The molecule has 192 valence electrons. The Bertz CT molecular complexity index is 1640. The molecule has 1 aliphatic heterocycles. The van der Waals surface area contributed by atoms with Gasteiger partial charge in [0.15, 0.2) is 11.6 Å². The van der Waals surface area contributed by atoms with Crippen LogP contribution in [0.25, 0.3) is 28.3 Å². The predicted molar refractivity (Wildman–Crippen MR) is 153 cm³/mol. The van der Waals surface area contributed by atoms with E-state index in [1.165, 1.54) is 22.3 Å². The zero-order valence-electron chi connectivity index (χ0n) is 21.5. The van der Waals surface area contributed by atoms with Gasteiger partial charge in [0.2, 0.25) is 5.91 Å². The fourth-order valence-corrected chi connectivity index (χ4v) is 5.77. The molecule has 0 spiro atoms. The molecule has 5 aromatic rings. The molecule has 2 aliphatic rings. The van der Waals surface area contributed by atoms with Crippen LogP contribution in [0.3, 0.4) is 0 Å². The van der Waals surface area contributed by atoms with Crippen LogP contribution in [-0.2, 0) is 11.2 Å². The fraction of sp³-hybridized carbons (Fsp3) is 0.188. The number of hydrogen-bond acceptors (Lipinski definition) is 5. The minimum atomic E-state index is -0.107. The normalized spacial score (nSPS) is 16.0. The van der Waals surface area contributed by atoms with Gasteiger partial charge in [0.25, 0.3) is 0 Å². The summed E-state index contributed by atoms with van der Waals surface area (Å²) in [5, 5.41) is 12.2. The van der Waals surface area contributed by atoms with Crippen molar-refractivity contribution in [1.82, 2.24) is 19.7 Å². The second kappa shape index (κ2) is 9.83. The van der Waals surface area contributed by atoms with Crippen molar-refractivity contribution >= 4 is 17.4 Å². The van der Waals surface area contributed by atoms with Gasteiger partial charge in [0.1, 0.15) is 5.82 Å². The molecular weight excluding hydrogens is 484 g/mol. The number of carbonyl (C=O) groups excluding carboxylic acids is 1. The number of nitrogens with zero attached hydrogens (tertiary/aromatic N) is 5. The van der Waals surface area contributed by atoms with E-state index in [0.717, 1.165) is 48.7 Å². The van der Waals surface area contributed by atoms with Crippen LogP contribution in [0.4, 0.5) is 11.5 Å². The van der Waals surface area contributed by atoms with Crippen molar-refractivity contribution in [1.29, 1.82) is 0 Å². The van der Waals surface area contributed by atoms with Crippen LogP contribution in [0.15, 0.2) is 97.3 Å². The number of anilines is 2. The molecule has 7 rings (SSSR count). The number of carbonyl (C=O) groups is 1. The molecule has 1 fully saturated rings. The summed E-state index contributed by atoms with van der Waals surface area (Å²) < 4.78 is 1.94. The van der Waals surface area contributed by atoms with Gasteiger partial charge in [0.05, 0.1) is 5.92 Å². The predicted octanol–water partition coefficient (Wildman–Crippen LogP) is 5.76. The van der Waals surface area contributed by atoms with Gasteiger partial charge >= 0.3 is 0 Å². The molecule has 1 aliphatic carbocycles. The number of piperidine rings is 1. The van der Waals surface area contributed by atoms with Crippen LogP contribution in [-0.4, -0.2) is 38.7 Å². The summed E-state index contributed by atoms with van der Waals surface area (Å²) in [4.78, 5) is 19.9. The number of fused-ring (bicyclic) bond motifs is 3. The van der Waals surface area contributed by atoms with E-state index in [1.54, 1.807) is 6.20 Å². The average molecular weight is 513 g/mol. The van der Waals surface area contributed by atoms with Gasteiger partial charge < -0.3 is 10.2 Å². The summed E-state index contributed by atoms with van der Waals surface area (Å²) in [6.45, 7) is 1.48. The highest BCUT2D eigenvalue weighted by atomic mass is 16.1. The first-order chi connectivity index (χ1) is 19.2. The topological polar surface area (TPSA) is 75.9 Å². The Labute approximate surface area is 227 Å². The minimum absolute atomic E-state index is 0.0608. The molecule has 1 unspecified atom stereocenters. The zero-order valence-corrected chi connectivity index (χ0v) is 21.5. The largest absolute Gasteiger partial charge is 0.354 e. The van der Waals surface area contributed by atoms with Crippen molar-refractivity contribution in [2.24, 2.45) is 5.92 Å². The smallest absolute Gasteiger partial charge is 0.229 e. The summed E-state index contributed by atoms with van der Waals surface area (Å²) in [5.74, 6) is 2.27. The van der Waals surface area contributed by atoms with Crippen molar-refractivity contribution in [3.8, 4) is 28.3 Å². The van der Waals surface area contributed by atoms with E-state index in [9.17, 15) is 4.79 Å². The molecule has 1 N–H and O–H groups in total. The molecule has 2 aromatic heterocycles. The van der Waals surface area contributed by atoms with Crippen LogP contribution in [0.5, 0.6) is 0 Å². The lowest BCUT2D eigenvalue weighted by molar-refractivity contribution is -0.120. The first-order valence-corrected chi connectivity index (χ1v) is 13.4. The Morgan fingerprint density at radius 3 is 2.51 bits per heavy atom. The summed E-state index contributed by atoms with van der Waals surface area (Å²) in [6.07, 6.45) is 6.37. The van der Waals surface area contributed by atoms with Gasteiger partial charge in [0, 0.05) is 36.7 Å². The van der Waals surface area contributed by atoms with Gasteiger partial charge in [-0.25, -0.2) is 4.98 Å². The summed E-state index contributed by atoms with van der Waals surface area (Å²) >= 11 is 0. The van der Waals surface area contributed by atoms with E-state index >= 15 is 0 Å². The lowest BCUT2D eigenvalue weighted by Crippen LogP contribution is -2.41. The van der Waals surface area contributed by atoms with Gasteiger partial charge in [-0.2, -0.15) is 0 Å². The molecule has 0 bridgehead atoms. The lowest BCUT2D eigenvalue weighted by atomic mass is 9.97. The van der Waals surface area contributed by atoms with E-state index in [4.69, 9.17) is 0 Å². The number of rotatable bonds is 5. The molecular formula is C32H28N6O. The van der Waals surface area contributed by atoms with Crippen LogP contribution in [0.2, 0.25) is 0 Å². The van der Waals surface area contributed by atoms with Gasteiger partial charge in [-0.15, -0.1) is 10.2 Å². The summed E-state index contributed by atoms with van der Waals surface area (Å²) in [6, 6.07) is 28.8. The van der Waals surface area contributed by atoms with Crippen molar-refractivity contribution < 1.29 is 4.79 Å². The number of hydrogen-bond donors (Lipinski definition) is 1. The maximum absolute atomic E-state index is 13.3. The highest BCUT2D eigenvalue weighted by molar-refractivity contribution is 5.94. The van der Waals surface area contributed by atoms with E-state index < -0.39 is 0 Å². The molecule has 0 radical (unpaired) electrons. The monoisotopic (exact) mass is 512 g/mol. The molecule has 3 aromatic carbocycles. The number of benzene rings is 3. The van der Waals surface area contributed by atoms with Crippen molar-refractivity contribution in [3.63, 3.8) is 0 Å². The maximum atomic E-state index is 13.3. The van der Waals surface area contributed by atoms with Gasteiger partial charge in [-0.1, -0.05) is 60.7 Å². The average Bonchev–Trinajstić information content (AvgIpc) is 3.63. The second-order valence-electron chi connectivity index (χ2n) is 10.2. The maximum Gasteiger partial charge on any atom is 0.229 e. The Hall–Kier alpha value is -4.78. The molecule has 3 heterocycles. The molecule has 1 amide bonds. The third kappa shape index (κ3) is 4.46. The quantitative estimate of drug-likeness (QED) is 0.318. The highest BCUT2D eigenvalue weighted by Crippen LogP contribution is 2.37. The molecule has 39 heavy (non-hydrogen) atoms. The van der Waals surface area contributed by atoms with Crippen LogP contribution < -0.4 is 10.2 Å². The molecule has 7 nitrogen and oxygen atoms in total. The number of amides is 1. The Morgan fingerprint density at radius 1 is 0.846 bits per heavy atom. The minimum Gasteiger partial charge on any atom is -0.354 e. The van der Waals surface area contributed by atoms with E-state index in [-0.39, 0.29) is 11.8 Å². The van der Waals surface area contributed by atoms with Crippen molar-refractivity contribution in [3.05, 3.63) is 108 Å². The first-order valence-electron chi connectivity index (χ1n) is 13.4. The van der Waals surface area contributed by atoms with Crippen LogP contribution in [0.1, 0.15) is 24.0 Å². The molecule has 1 atom stereocenters. The first kappa shape index (κ1) is 23.3. The lowest BCUT2D eigenvalue weighted by Gasteiger charge is -2.32. The Balaban J connectivity index is 1.03. The number of imidazole rings is 1. The zero-order chi connectivity index (χ0) is 26.2. The number of nitrogens with one attached hydrogen (secondary N) is 1. The summed E-state index contributed by atoms with van der Waals surface area (Å²) in [5.41, 5.74) is 7.05. The second-order valence-corrected chi connectivity index (χ2v) is 10.2. The standard InChI is InChI=1S/C32H28N6O/c39-32(34-26-12-13-28-25(20-26)19-23-9-4-5-11-27(23)28)24-10-6-17-37(21-24)29-14-15-30(36-35-29)38-18-16-33-31(38)22-7-2-1-3-8-22/h1-5,7-9,11-16,18,20,24H,6,10,17,19,21H2,(H,34,39). The molecule has 0 saturated carbocycles. The van der Waals surface area contributed by atoms with Gasteiger partial charge in [-0.05, 0) is 65.8 Å². The highest BCUT2D eigenvalue weighted by Gasteiger charge is 2.27.